The van der Waals surface area contributed by atoms with E-state index in [0.29, 0.717) is 15.3 Å². The molecule has 0 amide bonds. The van der Waals surface area contributed by atoms with Gasteiger partial charge in [-0.3, -0.25) is 4.79 Å². The fourth-order valence-corrected chi connectivity index (χ4v) is 1.99. The summed E-state index contributed by atoms with van der Waals surface area (Å²) in [6.07, 6.45) is 1.33. The Kier molecular flexibility index (Phi) is 3.86. The number of nitrogens with zero attached hydrogens (tertiary/aromatic N) is 1. The average Bonchev–Trinajstić information content (AvgIpc) is 2.30. The van der Waals surface area contributed by atoms with Crippen LogP contribution in [0.1, 0.15) is 0 Å². The van der Waals surface area contributed by atoms with Gasteiger partial charge in [-0.05, 0) is 50.1 Å². The number of benzene rings is 1. The highest BCUT2D eigenvalue weighted by atomic mass is 79.9. The van der Waals surface area contributed by atoms with E-state index in [4.69, 9.17) is 11.6 Å². The Balaban J connectivity index is 2.35. The number of aromatic amines is 1. The molecule has 2 rings (SSSR count). The first-order chi connectivity index (χ1) is 8.08. The zero-order valence-corrected chi connectivity index (χ0v) is 12.2. The van der Waals surface area contributed by atoms with Crippen LogP contribution in [-0.4, -0.2) is 9.97 Å². The molecule has 88 valence electrons. The van der Waals surface area contributed by atoms with Gasteiger partial charge in [-0.25, -0.2) is 4.98 Å². The Morgan fingerprint density at radius 1 is 1.35 bits per heavy atom. The molecule has 1 aromatic heterocycles. The van der Waals surface area contributed by atoms with Gasteiger partial charge in [-0.2, -0.15) is 0 Å². The maximum Gasteiger partial charge on any atom is 0.267 e. The number of rotatable bonds is 2. The van der Waals surface area contributed by atoms with E-state index in [0.717, 1.165) is 10.2 Å². The normalized spacial score (nSPS) is 10.3. The van der Waals surface area contributed by atoms with E-state index in [1.165, 1.54) is 6.33 Å². The molecule has 0 aliphatic carbocycles. The third-order valence-corrected chi connectivity index (χ3v) is 3.93. The summed E-state index contributed by atoms with van der Waals surface area (Å²) in [7, 11) is 0. The van der Waals surface area contributed by atoms with Crippen LogP contribution < -0.4 is 10.9 Å². The molecule has 0 saturated carbocycles. The van der Waals surface area contributed by atoms with Crippen molar-refractivity contribution in [3.63, 3.8) is 0 Å². The minimum absolute atomic E-state index is 0.240. The SMILES string of the molecule is O=c1[nH]cnc(Nc2ccc(Cl)c(Br)c2)c1Br. The van der Waals surface area contributed by atoms with Crippen LogP contribution in [0.3, 0.4) is 0 Å². The molecule has 4 nitrogen and oxygen atoms in total. The van der Waals surface area contributed by atoms with E-state index < -0.39 is 0 Å². The van der Waals surface area contributed by atoms with Crippen LogP contribution in [0, 0.1) is 0 Å². The fourth-order valence-electron chi connectivity index (χ4n) is 1.18. The van der Waals surface area contributed by atoms with Crippen molar-refractivity contribution in [2.45, 2.75) is 0 Å². The third kappa shape index (κ3) is 2.88. The smallest absolute Gasteiger partial charge is 0.267 e. The summed E-state index contributed by atoms with van der Waals surface area (Å²) in [6, 6.07) is 5.34. The van der Waals surface area contributed by atoms with Crippen LogP contribution in [0.15, 0.2) is 38.3 Å². The van der Waals surface area contributed by atoms with Crippen molar-refractivity contribution >= 4 is 55.0 Å². The van der Waals surface area contributed by atoms with Crippen molar-refractivity contribution in [1.82, 2.24) is 9.97 Å². The van der Waals surface area contributed by atoms with E-state index in [2.05, 4.69) is 47.1 Å². The minimum atomic E-state index is -0.240. The standard InChI is InChI=1S/C10H6Br2ClN3O/c11-6-3-5(1-2-7(6)13)16-9-8(12)10(17)15-4-14-9/h1-4H,(H2,14,15,16,17). The summed E-state index contributed by atoms with van der Waals surface area (Å²) in [5.41, 5.74) is 0.538. The van der Waals surface area contributed by atoms with Crippen LogP contribution in [-0.2, 0) is 0 Å². The molecule has 0 unspecified atom stereocenters. The molecular weight excluding hydrogens is 373 g/mol. The van der Waals surface area contributed by atoms with Gasteiger partial charge < -0.3 is 10.3 Å². The Morgan fingerprint density at radius 3 is 2.82 bits per heavy atom. The lowest BCUT2D eigenvalue weighted by molar-refractivity contribution is 1.10. The molecule has 2 aromatic rings. The third-order valence-electron chi connectivity index (χ3n) is 1.98. The number of H-pyrrole nitrogens is 1. The average molecular weight is 379 g/mol. The van der Waals surface area contributed by atoms with Crippen molar-refractivity contribution in [3.8, 4) is 0 Å². The first-order valence-corrected chi connectivity index (χ1v) is 6.49. The molecule has 1 aromatic carbocycles. The zero-order chi connectivity index (χ0) is 12.4. The molecule has 0 atom stereocenters. The van der Waals surface area contributed by atoms with Crippen molar-refractivity contribution < 1.29 is 0 Å². The Hall–Kier alpha value is -0.850. The molecule has 0 spiro atoms. The molecule has 1 heterocycles. The van der Waals surface area contributed by atoms with Crippen LogP contribution in [0.2, 0.25) is 5.02 Å². The van der Waals surface area contributed by atoms with Gasteiger partial charge >= 0.3 is 0 Å². The first kappa shape index (κ1) is 12.6. The second-order valence-corrected chi connectivity index (χ2v) is 5.20. The van der Waals surface area contributed by atoms with Crippen molar-refractivity contribution in [3.05, 3.63) is 48.8 Å². The highest BCUT2D eigenvalue weighted by molar-refractivity contribution is 9.11. The maximum absolute atomic E-state index is 11.3. The molecule has 0 aliphatic rings. The molecule has 2 N–H and O–H groups in total. The highest BCUT2D eigenvalue weighted by Gasteiger charge is 2.06. The van der Waals surface area contributed by atoms with E-state index in [1.807, 2.05) is 0 Å². The van der Waals surface area contributed by atoms with E-state index in [9.17, 15) is 4.79 Å². The van der Waals surface area contributed by atoms with Crippen LogP contribution >= 0.6 is 43.5 Å². The molecule has 0 aliphatic heterocycles. The number of hydrogen-bond acceptors (Lipinski definition) is 3. The van der Waals surface area contributed by atoms with Gasteiger partial charge in [0.2, 0.25) is 0 Å². The summed E-state index contributed by atoms with van der Waals surface area (Å²) in [5, 5.41) is 3.63. The predicted octanol–water partition coefficient (Wildman–Crippen LogP) is 3.69. The molecule has 0 saturated heterocycles. The Morgan fingerprint density at radius 2 is 2.12 bits per heavy atom. The molecule has 0 radical (unpaired) electrons. The molecule has 7 heteroatoms. The van der Waals surface area contributed by atoms with Gasteiger partial charge in [0.15, 0.2) is 5.82 Å². The highest BCUT2D eigenvalue weighted by Crippen LogP contribution is 2.27. The predicted molar refractivity (Wildman–Crippen MR) is 75.0 cm³/mol. The van der Waals surface area contributed by atoms with Gasteiger partial charge in [0.05, 0.1) is 11.3 Å². The molecular formula is C10H6Br2ClN3O. The number of hydrogen-bond donors (Lipinski definition) is 2. The number of aromatic nitrogens is 2. The topological polar surface area (TPSA) is 57.8 Å². The lowest BCUT2D eigenvalue weighted by Gasteiger charge is -2.07. The fraction of sp³-hybridized carbons (Fsp3) is 0. The summed E-state index contributed by atoms with van der Waals surface area (Å²) < 4.78 is 1.12. The largest absolute Gasteiger partial charge is 0.339 e. The van der Waals surface area contributed by atoms with Gasteiger partial charge in [0, 0.05) is 10.2 Å². The van der Waals surface area contributed by atoms with Crippen molar-refractivity contribution in [1.29, 1.82) is 0 Å². The monoisotopic (exact) mass is 377 g/mol. The van der Waals surface area contributed by atoms with Gasteiger partial charge in [-0.1, -0.05) is 11.6 Å². The van der Waals surface area contributed by atoms with Gasteiger partial charge in [0.25, 0.3) is 5.56 Å². The van der Waals surface area contributed by atoms with Crippen LogP contribution in [0.25, 0.3) is 0 Å². The van der Waals surface area contributed by atoms with E-state index in [1.54, 1.807) is 18.2 Å². The van der Waals surface area contributed by atoms with Gasteiger partial charge in [0.1, 0.15) is 4.47 Å². The zero-order valence-electron chi connectivity index (χ0n) is 8.30. The molecule has 17 heavy (non-hydrogen) atoms. The second-order valence-electron chi connectivity index (χ2n) is 3.15. The van der Waals surface area contributed by atoms with Crippen molar-refractivity contribution in [2.75, 3.05) is 5.32 Å². The van der Waals surface area contributed by atoms with Crippen molar-refractivity contribution in [2.24, 2.45) is 0 Å². The second kappa shape index (κ2) is 5.20. The summed E-state index contributed by atoms with van der Waals surface area (Å²) >= 11 is 12.4. The number of anilines is 2. The Labute approximate surface area is 119 Å². The summed E-state index contributed by atoms with van der Waals surface area (Å²) in [6.45, 7) is 0. The Bertz CT molecular complexity index is 615. The lowest BCUT2D eigenvalue weighted by Crippen LogP contribution is -2.09. The maximum atomic E-state index is 11.3. The van der Waals surface area contributed by atoms with Crippen LogP contribution in [0.4, 0.5) is 11.5 Å². The quantitative estimate of drug-likeness (QED) is 0.837. The minimum Gasteiger partial charge on any atom is -0.339 e. The number of halogens is 3. The molecule has 0 bridgehead atoms. The van der Waals surface area contributed by atoms with E-state index >= 15 is 0 Å². The molecule has 0 fully saturated rings. The van der Waals surface area contributed by atoms with Gasteiger partial charge in [-0.15, -0.1) is 0 Å². The van der Waals surface area contributed by atoms with Crippen LogP contribution in [0.5, 0.6) is 0 Å². The summed E-state index contributed by atoms with van der Waals surface area (Å²) in [5.74, 6) is 0.447. The lowest BCUT2D eigenvalue weighted by atomic mass is 10.3. The summed E-state index contributed by atoms with van der Waals surface area (Å²) in [4.78, 5) is 17.8. The number of nitrogens with one attached hydrogen (secondary N) is 2. The first-order valence-electron chi connectivity index (χ1n) is 4.53. The van der Waals surface area contributed by atoms with E-state index in [-0.39, 0.29) is 5.56 Å².